The van der Waals surface area contributed by atoms with Crippen LogP contribution in [0.15, 0.2) is 130 Å². The maximum absolute atomic E-state index is 15.3. The largest absolute Gasteiger partial charge is 0.488 e. The Morgan fingerprint density at radius 3 is 0.933 bits per heavy atom. The van der Waals surface area contributed by atoms with E-state index < -0.39 is 49.8 Å². The zero-order valence-electron chi connectivity index (χ0n) is 85.2. The number of rotatable bonds is 38. The first-order valence-electron chi connectivity index (χ1n) is 50.4. The molecule has 804 valence electrons. The van der Waals surface area contributed by atoms with Gasteiger partial charge in [0.05, 0.1) is 117 Å². The number of nitrogens with one attached hydrogen (secondary N) is 12. The zero-order valence-corrected chi connectivity index (χ0v) is 91.5. The summed E-state index contributed by atoms with van der Waals surface area (Å²) < 4.78 is 164. The normalized spacial score (nSPS) is 17.2. The molecule has 12 N–H and O–H groups in total. The number of sulfone groups is 4. The number of aromatic nitrogens is 16. The number of benzene rings is 4. The van der Waals surface area contributed by atoms with Gasteiger partial charge in [-0.05, 0) is 245 Å². The number of hydrogen-bond donors (Lipinski definition) is 12. The maximum Gasteiger partial charge on any atom is 0.229 e. The van der Waals surface area contributed by atoms with Gasteiger partial charge in [-0.15, -0.1) is 0 Å². The molecule has 4 aliphatic carbocycles. The molecule has 12 heterocycles. The van der Waals surface area contributed by atoms with Crippen LogP contribution in [0, 0.1) is 23.5 Å². The highest BCUT2D eigenvalue weighted by Crippen LogP contribution is 2.46. The summed E-state index contributed by atoms with van der Waals surface area (Å²) in [5.41, 5.74) is 7.23. The summed E-state index contributed by atoms with van der Waals surface area (Å²) >= 11 is 25.5. The molecule has 12 aromatic rings. The Labute approximate surface area is 891 Å². The topological polar surface area (TPSA) is 492 Å². The predicted octanol–water partition coefficient (Wildman–Crippen LogP) is 18.2. The molecule has 150 heavy (non-hydrogen) atoms. The van der Waals surface area contributed by atoms with Crippen LogP contribution in [-0.4, -0.2) is 211 Å². The third-order valence-electron chi connectivity index (χ3n) is 25.7. The number of halogens is 6. The third-order valence-corrected chi connectivity index (χ3v) is 35.0. The van der Waals surface area contributed by atoms with Gasteiger partial charge in [-0.2, -0.15) is 40.3 Å². The number of hydrogen-bond acceptors (Lipinski definition) is 36. The van der Waals surface area contributed by atoms with E-state index in [1.165, 1.54) is 79.2 Å². The Hall–Kier alpha value is -11.7. The Morgan fingerprint density at radius 1 is 0.340 bits per heavy atom. The maximum atomic E-state index is 15.3. The molecule has 2 atom stereocenters. The van der Waals surface area contributed by atoms with Crippen LogP contribution >= 0.6 is 46.4 Å². The average molecular weight is 2220 g/mol. The summed E-state index contributed by atoms with van der Waals surface area (Å²) in [5.74, 6) is 4.88. The van der Waals surface area contributed by atoms with Gasteiger partial charge >= 0.3 is 0 Å². The van der Waals surface area contributed by atoms with Gasteiger partial charge in [-0.1, -0.05) is 86.2 Å². The van der Waals surface area contributed by atoms with Crippen LogP contribution in [0.5, 0.6) is 23.0 Å². The molecule has 8 aromatic heterocycles. The van der Waals surface area contributed by atoms with Crippen LogP contribution in [0.1, 0.15) is 191 Å². The summed E-state index contributed by atoms with van der Waals surface area (Å²) in [6.45, 7) is 21.1. The molecule has 50 heteroatoms. The quantitative estimate of drug-likeness (QED) is 0.0171. The molecule has 0 bridgehead atoms. The fourth-order valence-electron chi connectivity index (χ4n) is 17.4. The van der Waals surface area contributed by atoms with Crippen molar-refractivity contribution in [2.45, 2.75) is 224 Å². The Bertz CT molecular complexity index is 7360. The molecule has 20 rings (SSSR count). The Balaban J connectivity index is 0.000000136. The van der Waals surface area contributed by atoms with Crippen molar-refractivity contribution in [2.24, 2.45) is 40.0 Å². The Kier molecular flexibility index (Phi) is 34.5. The highest BCUT2D eigenvalue weighted by Gasteiger charge is 2.37. The number of aryl methyl sites for hydroxylation is 4. The smallest absolute Gasteiger partial charge is 0.229 e. The number of anilines is 16. The minimum Gasteiger partial charge on any atom is -0.488 e. The molecule has 8 fully saturated rings. The lowest BCUT2D eigenvalue weighted by atomic mass is 9.89. The second-order valence-electron chi connectivity index (χ2n) is 40.1. The van der Waals surface area contributed by atoms with Crippen molar-refractivity contribution >= 4 is 178 Å². The first-order chi connectivity index (χ1) is 71.6. The van der Waals surface area contributed by atoms with E-state index in [0.717, 1.165) is 165 Å². The number of ether oxygens (including phenoxy) is 4. The van der Waals surface area contributed by atoms with E-state index in [4.69, 9.17) is 65.4 Å². The molecular formula is C100H126Cl4F2N28O12S4. The van der Waals surface area contributed by atoms with Crippen LogP contribution in [-0.2, 0) is 67.5 Å². The van der Waals surface area contributed by atoms with Crippen molar-refractivity contribution in [1.29, 1.82) is 0 Å². The molecule has 0 radical (unpaired) electrons. The first-order valence-corrected chi connectivity index (χ1v) is 58.3. The molecule has 4 saturated heterocycles. The van der Waals surface area contributed by atoms with Gasteiger partial charge in [0.15, 0.2) is 42.9 Å². The molecular weight excluding hydrogens is 2090 g/mol. The lowest BCUT2D eigenvalue weighted by Gasteiger charge is -2.24. The van der Waals surface area contributed by atoms with Gasteiger partial charge in [0.2, 0.25) is 63.6 Å². The fraction of sp³-hybridized carbons (Fsp3) is 0.480. The molecule has 0 spiro atoms. The third kappa shape index (κ3) is 28.0. The van der Waals surface area contributed by atoms with Crippen LogP contribution in [0.4, 0.5) is 101 Å². The van der Waals surface area contributed by atoms with Gasteiger partial charge in [0.25, 0.3) is 0 Å². The van der Waals surface area contributed by atoms with Crippen molar-refractivity contribution in [2.75, 3.05) is 106 Å². The molecule has 40 nitrogen and oxygen atoms in total. The standard InChI is InChI=1S/C26H34ClN7O3S.C25H31ClFN7O3S.C25H32ClN7O3S.C24H29ClFN7O3S/c1-16(2)15-38(35,36)25-22(14-34(3)33-25)30-24-20(27)13-29-26(32-24)31-21-7-4-18(17-8-10-28-11-9-17)12-23(21)37-19-5-6-19;1-14(2)38(35,36)24-21(13-34(3)33-24)30-23-18(26)12-29-25(32-23)31-20-11-19(27)17(15-6-8-28-9-7-15)10-22(20)37-16-4-5-16;1-15(2)14-37(34,35)24-21(13-33(3)32-24)29-23-19(26)12-28-25(31-23)30-20-7-4-16(17-8-9-27-11-17)10-22(20)36-18-5-6-18;1-13(2)37(34,35)23-20(12-33(3)32-23)29-22-17(25)11-28-24(31-22)30-19-9-18(26)16(14-6-7-27-10-14)8-21(19)36-15-4-5-15/h4,7,12-14,16-17,19,28H,5-6,8-11,15H2,1-3H3,(H2,29,30,31,32);10-16,28H,4-9H2,1-3H3,(H2,29,30,31,32);4,7,10,12-13,15,17-18,27H,5-6,8-9,11,14H2,1-3H3,(H2,28,29,30,31);8-9,11-15,27H,4-7,10H2,1-3H3,(H2,28,29,30,31). The summed E-state index contributed by atoms with van der Waals surface area (Å²) in [6, 6.07) is 18.9. The van der Waals surface area contributed by atoms with Crippen molar-refractivity contribution in [3.8, 4) is 23.0 Å². The van der Waals surface area contributed by atoms with Crippen molar-refractivity contribution in [3.05, 3.63) is 164 Å². The first kappa shape index (κ1) is 110. The second kappa shape index (κ2) is 47.3. The summed E-state index contributed by atoms with van der Waals surface area (Å²) in [4.78, 5) is 35.1. The molecule has 8 aliphatic rings. The van der Waals surface area contributed by atoms with E-state index in [1.54, 1.807) is 80.4 Å². The van der Waals surface area contributed by atoms with Crippen LogP contribution in [0.3, 0.4) is 0 Å². The van der Waals surface area contributed by atoms with Crippen molar-refractivity contribution < 1.29 is 61.4 Å². The van der Waals surface area contributed by atoms with Crippen molar-refractivity contribution in [1.82, 2.24) is 100 Å². The van der Waals surface area contributed by atoms with E-state index in [-0.39, 0.29) is 158 Å². The lowest BCUT2D eigenvalue weighted by Crippen LogP contribution is -2.27. The SMILES string of the molecule is CC(C)CS(=O)(=O)c1nn(C)cc1Nc1nc(Nc2ccc(C3CCNC3)cc2OC2CC2)ncc1Cl.CC(C)CS(=O)(=O)c1nn(C)cc1Nc1nc(Nc2ccc(C3CCNCC3)cc2OC2CC2)ncc1Cl.CC(C)S(=O)(=O)c1nn(C)cc1Nc1nc(Nc2cc(F)c(C3CCNC3)cc2OC2CC2)ncc1Cl.CC(C)S(=O)(=O)c1nn(C)cc1Nc1nc(Nc2cc(F)c(C3CCNCC3)cc2OC2CC2)ncc1Cl. The number of piperidine rings is 2. The van der Waals surface area contributed by atoms with E-state index in [9.17, 15) is 33.7 Å². The molecule has 2 unspecified atom stereocenters. The predicted molar refractivity (Wildman–Crippen MR) is 576 cm³/mol. The molecule has 4 saturated carbocycles. The molecule has 4 aromatic carbocycles. The highest BCUT2D eigenvalue weighted by molar-refractivity contribution is 7.92. The zero-order chi connectivity index (χ0) is 106. The molecule has 4 aliphatic heterocycles. The van der Waals surface area contributed by atoms with Gasteiger partial charge in [-0.3, -0.25) is 18.7 Å². The van der Waals surface area contributed by atoms with E-state index in [2.05, 4.69) is 148 Å². The van der Waals surface area contributed by atoms with Gasteiger partial charge < -0.3 is 82.7 Å². The summed E-state index contributed by atoms with van der Waals surface area (Å²) in [5, 5.41) is 53.9. The van der Waals surface area contributed by atoms with Gasteiger partial charge in [0.1, 0.15) is 54.7 Å². The summed E-state index contributed by atoms with van der Waals surface area (Å²) in [7, 11) is -7.95. The second-order valence-corrected chi connectivity index (χ2v) is 50.5. The van der Waals surface area contributed by atoms with Crippen LogP contribution in [0.2, 0.25) is 20.1 Å². The fourth-order valence-corrected chi connectivity index (χ4v) is 23.6. The van der Waals surface area contributed by atoms with Crippen molar-refractivity contribution in [3.63, 3.8) is 0 Å². The average Bonchev–Trinajstić information content (AvgIpc) is 1.45. The van der Waals surface area contributed by atoms with Gasteiger partial charge in [0, 0.05) is 84.1 Å². The minimum atomic E-state index is -3.67. The highest BCUT2D eigenvalue weighted by atomic mass is 35.5. The lowest BCUT2D eigenvalue weighted by molar-refractivity contribution is 0.303. The molecule has 0 amide bonds. The van der Waals surface area contributed by atoms with Crippen LogP contribution < -0.4 is 82.7 Å². The van der Waals surface area contributed by atoms with E-state index in [1.807, 2.05) is 39.8 Å². The van der Waals surface area contributed by atoms with E-state index in [0.29, 0.717) is 69.1 Å². The summed E-state index contributed by atoms with van der Waals surface area (Å²) in [6.07, 6.45) is 26.6. The minimum absolute atomic E-state index is 0.0137. The van der Waals surface area contributed by atoms with Crippen LogP contribution in [0.25, 0.3) is 0 Å². The number of nitrogens with zero attached hydrogens (tertiary/aromatic N) is 16. The monoisotopic (exact) mass is 2220 g/mol. The van der Waals surface area contributed by atoms with E-state index >= 15 is 8.78 Å². The Morgan fingerprint density at radius 2 is 0.620 bits per heavy atom. The van der Waals surface area contributed by atoms with Gasteiger partial charge in [-0.25, -0.2) is 62.4 Å².